The molecule has 0 saturated carbocycles. The minimum atomic E-state index is -1.86. The van der Waals surface area contributed by atoms with E-state index in [1.807, 2.05) is 0 Å². The van der Waals surface area contributed by atoms with Crippen LogP contribution in [0.1, 0.15) is 6.42 Å². The number of rotatable bonds is 8. The van der Waals surface area contributed by atoms with Gasteiger partial charge in [-0.2, -0.15) is 0 Å². The highest BCUT2D eigenvalue weighted by Crippen LogP contribution is 2.38. The van der Waals surface area contributed by atoms with Gasteiger partial charge in [-0.25, -0.2) is 0 Å². The summed E-state index contributed by atoms with van der Waals surface area (Å²) in [4.78, 5) is 0. The highest BCUT2D eigenvalue weighted by molar-refractivity contribution is 5.05. The number of ether oxygens (including phenoxy) is 4. The Morgan fingerprint density at radius 1 is 0.588 bits per heavy atom. The minimum Gasteiger partial charge on any atom is -0.394 e. The zero-order chi connectivity index (χ0) is 25.4. The Labute approximate surface area is 193 Å². The topological polar surface area (TPSA) is 259 Å². The van der Waals surface area contributed by atoms with Gasteiger partial charge in [0.25, 0.3) is 0 Å². The van der Waals surface area contributed by atoms with E-state index in [0.29, 0.717) is 0 Å². The Balaban J connectivity index is 1.69. The molecule has 15 nitrogen and oxygen atoms in total. The summed E-state index contributed by atoms with van der Waals surface area (Å²) in [5, 5.41) is 110. The van der Waals surface area contributed by atoms with E-state index in [4.69, 9.17) is 18.9 Å². The van der Waals surface area contributed by atoms with Crippen LogP contribution in [0.3, 0.4) is 0 Å². The smallest absolute Gasteiger partial charge is 0.186 e. The Morgan fingerprint density at radius 2 is 1.15 bits per heavy atom. The van der Waals surface area contributed by atoms with Crippen LogP contribution in [-0.2, 0) is 18.9 Å². The minimum absolute atomic E-state index is 0.459. The van der Waals surface area contributed by atoms with Gasteiger partial charge in [-0.05, 0) is 0 Å². The molecule has 14 atom stereocenters. The summed E-state index contributed by atoms with van der Waals surface area (Å²) in [6.07, 6.45) is -20.6. The molecular formula is C19H34O15. The molecule has 0 bridgehead atoms. The molecule has 0 radical (unpaired) electrons. The molecule has 0 aliphatic carbocycles. The van der Waals surface area contributed by atoms with Crippen molar-refractivity contribution >= 4 is 0 Å². The molecule has 0 aromatic carbocycles. The third-order valence-corrected chi connectivity index (χ3v) is 6.71. The number of hydrogen-bond donors (Lipinski definition) is 11. The van der Waals surface area contributed by atoms with Crippen LogP contribution < -0.4 is 0 Å². The third kappa shape index (κ3) is 5.10. The first-order valence-corrected chi connectivity index (χ1v) is 10.9. The molecule has 3 heterocycles. The highest BCUT2D eigenvalue weighted by atomic mass is 16.7. The molecule has 0 aromatic heterocycles. The summed E-state index contributed by atoms with van der Waals surface area (Å²) in [7, 11) is 0. The van der Waals surface area contributed by atoms with Crippen molar-refractivity contribution in [2.45, 2.75) is 91.6 Å². The van der Waals surface area contributed by atoms with Gasteiger partial charge in [0.05, 0.1) is 32.5 Å². The van der Waals surface area contributed by atoms with Crippen LogP contribution in [0.25, 0.3) is 0 Å². The average Bonchev–Trinajstić information content (AvgIpc) is 3.08. The highest BCUT2D eigenvalue weighted by Gasteiger charge is 2.57. The molecule has 3 rings (SSSR count). The summed E-state index contributed by atoms with van der Waals surface area (Å²) in [6, 6.07) is 0. The van der Waals surface area contributed by atoms with Crippen molar-refractivity contribution in [3.05, 3.63) is 0 Å². The van der Waals surface area contributed by atoms with Gasteiger partial charge in [0.2, 0.25) is 0 Å². The maximum absolute atomic E-state index is 10.4. The predicted molar refractivity (Wildman–Crippen MR) is 105 cm³/mol. The largest absolute Gasteiger partial charge is 0.394 e. The van der Waals surface area contributed by atoms with E-state index in [0.717, 1.165) is 0 Å². The van der Waals surface area contributed by atoms with Gasteiger partial charge in [-0.15, -0.1) is 0 Å². The molecule has 3 saturated heterocycles. The fourth-order valence-electron chi connectivity index (χ4n) is 4.53. The molecule has 34 heavy (non-hydrogen) atoms. The van der Waals surface area contributed by atoms with Crippen LogP contribution in [0.2, 0.25) is 0 Å². The first-order valence-electron chi connectivity index (χ1n) is 10.9. The van der Waals surface area contributed by atoms with Crippen molar-refractivity contribution in [2.24, 2.45) is 0 Å². The van der Waals surface area contributed by atoms with Crippen molar-refractivity contribution in [1.82, 2.24) is 0 Å². The first-order chi connectivity index (χ1) is 16.0. The van der Waals surface area contributed by atoms with Gasteiger partial charge in [0, 0.05) is 6.42 Å². The average molecular weight is 502 g/mol. The van der Waals surface area contributed by atoms with Crippen molar-refractivity contribution < 1.29 is 75.1 Å². The summed E-state index contributed by atoms with van der Waals surface area (Å²) in [6.45, 7) is -2.74. The van der Waals surface area contributed by atoms with E-state index in [2.05, 4.69) is 0 Å². The monoisotopic (exact) mass is 502 g/mol. The standard InChI is InChI=1S/C19H34O15/c20-2-7-11(24)15(28)16(29)18(33-7)31-4-9-12(25)14(27)10(23)6(32-9)1-19(5-22)17(30)13(26)8(3-21)34-19/h6-18,20-30H,1-5H2/t6-,7-,8-,9-,10+,11+,12-,13-,14-,15+,16+,17+,18-,19-/m1/s1. The summed E-state index contributed by atoms with van der Waals surface area (Å²) in [5.41, 5.74) is -1.86. The molecule has 3 fully saturated rings. The lowest BCUT2D eigenvalue weighted by molar-refractivity contribution is -0.315. The number of aliphatic hydroxyl groups excluding tert-OH is 11. The van der Waals surface area contributed by atoms with Gasteiger partial charge >= 0.3 is 0 Å². The fraction of sp³-hybridized carbons (Fsp3) is 1.00. The maximum atomic E-state index is 10.4. The molecular weight excluding hydrogens is 468 g/mol. The summed E-state index contributed by atoms with van der Waals surface area (Å²) >= 11 is 0. The second kappa shape index (κ2) is 11.2. The SMILES string of the molecule is OC[C@H]1O[C@@H](OC[C@H]2O[C@H](C[C@]3(CO)O[C@H](CO)[C@@H](O)[C@@H]3O)[C@H](O)[C@@H](O)[C@@H]2O)[C@@H](O)[C@@H](O)[C@H]1O. The van der Waals surface area contributed by atoms with Gasteiger partial charge in [-0.1, -0.05) is 0 Å². The maximum Gasteiger partial charge on any atom is 0.186 e. The molecule has 11 N–H and O–H groups in total. The molecule has 0 unspecified atom stereocenters. The molecule has 15 heteroatoms. The lowest BCUT2D eigenvalue weighted by Crippen LogP contribution is -2.62. The van der Waals surface area contributed by atoms with Crippen LogP contribution in [-0.4, -0.2) is 168 Å². The van der Waals surface area contributed by atoms with Crippen LogP contribution in [0.4, 0.5) is 0 Å². The van der Waals surface area contributed by atoms with Crippen LogP contribution >= 0.6 is 0 Å². The van der Waals surface area contributed by atoms with E-state index in [9.17, 15) is 56.2 Å². The first kappa shape index (κ1) is 28.0. The van der Waals surface area contributed by atoms with E-state index in [1.54, 1.807) is 0 Å². The Bertz CT molecular complexity index is 653. The second-order valence-electron chi connectivity index (χ2n) is 8.92. The zero-order valence-electron chi connectivity index (χ0n) is 18.1. The van der Waals surface area contributed by atoms with Gasteiger partial charge in [0.1, 0.15) is 72.7 Å². The van der Waals surface area contributed by atoms with Gasteiger partial charge in [0.15, 0.2) is 6.29 Å². The number of aliphatic hydroxyl groups is 11. The Morgan fingerprint density at radius 3 is 1.71 bits per heavy atom. The normalized spacial score (nSPS) is 52.1. The lowest BCUT2D eigenvalue weighted by atomic mass is 9.84. The lowest BCUT2D eigenvalue weighted by Gasteiger charge is -2.44. The van der Waals surface area contributed by atoms with Crippen molar-refractivity contribution in [3.63, 3.8) is 0 Å². The Kier molecular flexibility index (Phi) is 9.22. The fourth-order valence-corrected chi connectivity index (χ4v) is 4.53. The van der Waals surface area contributed by atoms with Crippen molar-refractivity contribution in [2.75, 3.05) is 26.4 Å². The third-order valence-electron chi connectivity index (χ3n) is 6.71. The van der Waals surface area contributed by atoms with Gasteiger partial charge in [-0.3, -0.25) is 0 Å². The van der Waals surface area contributed by atoms with Gasteiger partial charge < -0.3 is 75.1 Å². The van der Waals surface area contributed by atoms with E-state index < -0.39 is 118 Å². The molecule has 3 aliphatic heterocycles. The molecule has 0 spiro atoms. The second-order valence-corrected chi connectivity index (χ2v) is 8.92. The van der Waals surface area contributed by atoms with E-state index in [1.165, 1.54) is 0 Å². The molecule has 0 aromatic rings. The molecule has 200 valence electrons. The Hall–Kier alpha value is -0.600. The van der Waals surface area contributed by atoms with Crippen molar-refractivity contribution in [1.29, 1.82) is 0 Å². The van der Waals surface area contributed by atoms with Crippen LogP contribution in [0.15, 0.2) is 0 Å². The summed E-state index contributed by atoms with van der Waals surface area (Å²) in [5.74, 6) is 0. The van der Waals surface area contributed by atoms with Crippen LogP contribution in [0, 0.1) is 0 Å². The molecule has 0 amide bonds. The zero-order valence-corrected chi connectivity index (χ0v) is 18.1. The van der Waals surface area contributed by atoms with Crippen molar-refractivity contribution in [3.8, 4) is 0 Å². The predicted octanol–water partition coefficient (Wildman–Crippen LogP) is -7.11. The summed E-state index contributed by atoms with van der Waals surface area (Å²) < 4.78 is 21.6. The number of hydrogen-bond acceptors (Lipinski definition) is 15. The van der Waals surface area contributed by atoms with E-state index >= 15 is 0 Å². The molecule has 3 aliphatic rings. The van der Waals surface area contributed by atoms with E-state index in [-0.39, 0.29) is 0 Å². The quantitative estimate of drug-likeness (QED) is 0.147. The van der Waals surface area contributed by atoms with Crippen LogP contribution in [0.5, 0.6) is 0 Å².